The summed E-state index contributed by atoms with van der Waals surface area (Å²) in [5.41, 5.74) is 1.08. The first kappa shape index (κ1) is 25.8. The van der Waals surface area contributed by atoms with Gasteiger partial charge in [-0.1, -0.05) is 46.5 Å². The van der Waals surface area contributed by atoms with Gasteiger partial charge in [0.25, 0.3) is 5.96 Å². The number of hydrogen-bond donors (Lipinski definition) is 5. The van der Waals surface area contributed by atoms with Gasteiger partial charge >= 0.3 is 0 Å². The molecule has 0 aromatic carbocycles. The first-order chi connectivity index (χ1) is 13.0. The Bertz CT molecular complexity index is 536. The van der Waals surface area contributed by atoms with Crippen molar-refractivity contribution in [3.05, 3.63) is 10.1 Å². The minimum atomic E-state index is -0.917. The predicted octanol–water partition coefficient (Wildman–Crippen LogP) is 1.55. The lowest BCUT2D eigenvalue weighted by atomic mass is 9.86. The molecule has 0 aliphatic carbocycles. The fourth-order valence-electron chi connectivity index (χ4n) is 2.64. The van der Waals surface area contributed by atoms with Gasteiger partial charge in [-0.15, -0.1) is 0 Å². The Morgan fingerprint density at radius 2 is 1.86 bits per heavy atom. The van der Waals surface area contributed by atoms with Crippen LogP contribution in [0.2, 0.25) is 0 Å². The van der Waals surface area contributed by atoms with Crippen LogP contribution in [-0.2, 0) is 9.59 Å². The standard InChI is InChI=1S/C18H36N6O4/c1-6-10-18(4,5)16(26)21-14(12-20-11-9-13(2)3)7-8-15(25)22-17(19)23-24(27)28/h13-14,20H,6-12H2,1-5H3,(H,21,26)(H3,19,22,23,25)/t14-/m1/s1. The van der Waals surface area contributed by atoms with Crippen molar-refractivity contribution in [3.63, 3.8) is 0 Å². The second-order valence-corrected chi connectivity index (χ2v) is 8.02. The van der Waals surface area contributed by atoms with E-state index in [9.17, 15) is 19.7 Å². The normalized spacial score (nSPS) is 12.4. The summed E-state index contributed by atoms with van der Waals surface area (Å²) in [6.07, 6.45) is 3.06. The maximum Gasteiger partial charge on any atom is 0.258 e. The number of nitrogens with zero attached hydrogens (tertiary/aromatic N) is 1. The van der Waals surface area contributed by atoms with E-state index in [2.05, 4.69) is 29.8 Å². The number of guanidine groups is 1. The summed E-state index contributed by atoms with van der Waals surface area (Å²) in [5.74, 6) is -0.702. The van der Waals surface area contributed by atoms with Gasteiger partial charge in [0.1, 0.15) is 0 Å². The maximum absolute atomic E-state index is 12.6. The van der Waals surface area contributed by atoms with Gasteiger partial charge in [0.05, 0.1) is 0 Å². The zero-order chi connectivity index (χ0) is 21.7. The molecule has 10 nitrogen and oxygen atoms in total. The maximum atomic E-state index is 12.6. The molecule has 0 unspecified atom stereocenters. The Morgan fingerprint density at radius 1 is 1.21 bits per heavy atom. The quantitative estimate of drug-likeness (QED) is 0.104. The SMILES string of the molecule is CCCC(C)(C)C(=O)N[C@H](CCC(=O)NC(=N)N[N+](=O)[O-])CNCCC(C)C. The monoisotopic (exact) mass is 400 g/mol. The largest absolute Gasteiger partial charge is 0.352 e. The van der Waals surface area contributed by atoms with Gasteiger partial charge in [-0.2, -0.15) is 0 Å². The molecule has 0 aromatic heterocycles. The molecule has 0 aliphatic rings. The summed E-state index contributed by atoms with van der Waals surface area (Å²) in [6, 6.07) is -0.251. The van der Waals surface area contributed by atoms with Crippen LogP contribution in [-0.4, -0.2) is 41.9 Å². The molecule has 0 saturated heterocycles. The van der Waals surface area contributed by atoms with Crippen molar-refractivity contribution in [1.82, 2.24) is 21.4 Å². The molecule has 5 N–H and O–H groups in total. The summed E-state index contributed by atoms with van der Waals surface area (Å²) >= 11 is 0. The number of amides is 2. The Balaban J connectivity index is 4.70. The molecule has 0 fully saturated rings. The van der Waals surface area contributed by atoms with E-state index in [1.165, 1.54) is 0 Å². The lowest BCUT2D eigenvalue weighted by molar-refractivity contribution is -0.525. The lowest BCUT2D eigenvalue weighted by Gasteiger charge is -2.27. The van der Waals surface area contributed by atoms with E-state index < -0.39 is 22.3 Å². The lowest BCUT2D eigenvalue weighted by Crippen LogP contribution is -2.48. The molecule has 0 aromatic rings. The van der Waals surface area contributed by atoms with Crippen molar-refractivity contribution in [2.45, 2.75) is 72.8 Å². The van der Waals surface area contributed by atoms with Crippen LogP contribution in [0.3, 0.4) is 0 Å². The van der Waals surface area contributed by atoms with Gasteiger partial charge in [0.15, 0.2) is 5.03 Å². The van der Waals surface area contributed by atoms with E-state index in [1.807, 2.05) is 20.8 Å². The Morgan fingerprint density at radius 3 is 2.39 bits per heavy atom. The Labute approximate surface area is 167 Å². The highest BCUT2D eigenvalue weighted by Gasteiger charge is 2.28. The summed E-state index contributed by atoms with van der Waals surface area (Å²) in [7, 11) is 0. The van der Waals surface area contributed by atoms with E-state index in [1.54, 1.807) is 5.43 Å². The number of carbonyl (C=O) groups excluding carboxylic acids is 2. The molecule has 2 amide bonds. The van der Waals surface area contributed by atoms with Crippen molar-refractivity contribution in [2.75, 3.05) is 13.1 Å². The molecular weight excluding hydrogens is 364 g/mol. The third kappa shape index (κ3) is 12.2. The molecule has 0 saturated carbocycles. The van der Waals surface area contributed by atoms with Crippen LogP contribution in [0, 0.1) is 26.9 Å². The Hall–Kier alpha value is -2.23. The first-order valence-corrected chi connectivity index (χ1v) is 9.79. The number of carbonyl (C=O) groups is 2. The predicted molar refractivity (Wildman–Crippen MR) is 108 cm³/mol. The zero-order valence-electron chi connectivity index (χ0n) is 17.7. The minimum Gasteiger partial charge on any atom is -0.352 e. The van der Waals surface area contributed by atoms with Crippen LogP contribution in [0.25, 0.3) is 0 Å². The number of nitro groups is 1. The molecule has 0 bridgehead atoms. The molecule has 0 radical (unpaired) electrons. The van der Waals surface area contributed by atoms with Gasteiger partial charge in [0.2, 0.25) is 11.8 Å². The van der Waals surface area contributed by atoms with Crippen LogP contribution >= 0.6 is 0 Å². The van der Waals surface area contributed by atoms with Crippen molar-refractivity contribution in [3.8, 4) is 0 Å². The van der Waals surface area contributed by atoms with Gasteiger partial charge in [-0.25, -0.2) is 10.1 Å². The minimum absolute atomic E-state index is 0.0345. The highest BCUT2D eigenvalue weighted by atomic mass is 16.7. The summed E-state index contributed by atoms with van der Waals surface area (Å²) in [6.45, 7) is 11.4. The molecule has 162 valence electrons. The zero-order valence-corrected chi connectivity index (χ0v) is 17.7. The molecule has 0 rings (SSSR count). The highest BCUT2D eigenvalue weighted by molar-refractivity contribution is 5.94. The molecule has 0 aliphatic heterocycles. The third-order valence-corrected chi connectivity index (χ3v) is 4.30. The fraction of sp³-hybridized carbons (Fsp3) is 0.833. The smallest absolute Gasteiger partial charge is 0.258 e. The van der Waals surface area contributed by atoms with Crippen LogP contribution < -0.4 is 21.4 Å². The van der Waals surface area contributed by atoms with Crippen LogP contribution in [0.4, 0.5) is 0 Å². The van der Waals surface area contributed by atoms with Gasteiger partial charge in [-0.05, 0) is 31.7 Å². The number of hydrogen-bond acceptors (Lipinski definition) is 6. The second kappa shape index (κ2) is 13.0. The highest BCUT2D eigenvalue weighted by Crippen LogP contribution is 2.22. The molecule has 0 heterocycles. The van der Waals surface area contributed by atoms with E-state index in [0.29, 0.717) is 18.9 Å². The van der Waals surface area contributed by atoms with Crippen LogP contribution in [0.1, 0.15) is 66.7 Å². The molecule has 10 heteroatoms. The summed E-state index contributed by atoms with van der Waals surface area (Å²) in [5, 5.41) is 25.1. The third-order valence-electron chi connectivity index (χ3n) is 4.30. The van der Waals surface area contributed by atoms with E-state index >= 15 is 0 Å². The molecular formula is C18H36N6O4. The van der Waals surface area contributed by atoms with Gasteiger partial charge < -0.3 is 10.6 Å². The van der Waals surface area contributed by atoms with Crippen molar-refractivity contribution < 1.29 is 14.6 Å². The van der Waals surface area contributed by atoms with Crippen LogP contribution in [0.5, 0.6) is 0 Å². The first-order valence-electron chi connectivity index (χ1n) is 9.79. The van der Waals surface area contributed by atoms with E-state index in [-0.39, 0.29) is 18.4 Å². The van der Waals surface area contributed by atoms with Crippen molar-refractivity contribution >= 4 is 17.8 Å². The van der Waals surface area contributed by atoms with Gasteiger partial charge in [-0.3, -0.25) is 20.3 Å². The molecule has 0 spiro atoms. The van der Waals surface area contributed by atoms with Crippen molar-refractivity contribution in [2.24, 2.45) is 11.3 Å². The van der Waals surface area contributed by atoms with Gasteiger partial charge in [0, 0.05) is 24.4 Å². The second-order valence-electron chi connectivity index (χ2n) is 8.02. The topological polar surface area (TPSA) is 149 Å². The fourth-order valence-corrected chi connectivity index (χ4v) is 2.64. The summed E-state index contributed by atoms with van der Waals surface area (Å²) in [4.78, 5) is 34.8. The average Bonchev–Trinajstić information content (AvgIpc) is 2.54. The number of rotatable bonds is 13. The summed E-state index contributed by atoms with van der Waals surface area (Å²) < 4.78 is 0. The molecule has 1 atom stereocenters. The average molecular weight is 401 g/mol. The number of hydrazine groups is 1. The van der Waals surface area contributed by atoms with Crippen LogP contribution in [0.15, 0.2) is 0 Å². The van der Waals surface area contributed by atoms with E-state index in [0.717, 1.165) is 25.8 Å². The van der Waals surface area contributed by atoms with E-state index in [4.69, 9.17) is 5.41 Å². The number of nitrogens with one attached hydrogen (secondary N) is 5. The molecule has 28 heavy (non-hydrogen) atoms. The Kier molecular flexibility index (Phi) is 12.0. The van der Waals surface area contributed by atoms with Crippen molar-refractivity contribution in [1.29, 1.82) is 5.41 Å².